The van der Waals surface area contributed by atoms with E-state index in [0.29, 0.717) is 26.2 Å². The summed E-state index contributed by atoms with van der Waals surface area (Å²) in [6.45, 7) is 2.11. The van der Waals surface area contributed by atoms with Crippen LogP contribution in [0.1, 0.15) is 23.2 Å². The number of hydrogen-bond acceptors (Lipinski definition) is 3. The van der Waals surface area contributed by atoms with Gasteiger partial charge in [0, 0.05) is 38.3 Å². The van der Waals surface area contributed by atoms with Crippen LogP contribution in [0.5, 0.6) is 0 Å². The molecule has 106 valence electrons. The van der Waals surface area contributed by atoms with Crippen molar-refractivity contribution in [3.05, 3.63) is 29.8 Å². The van der Waals surface area contributed by atoms with Gasteiger partial charge in [0.1, 0.15) is 5.82 Å². The molecule has 20 heavy (non-hydrogen) atoms. The van der Waals surface area contributed by atoms with Gasteiger partial charge in [0.2, 0.25) is 5.91 Å². The molecule has 1 saturated carbocycles. The Morgan fingerprint density at radius 2 is 1.75 bits per heavy atom. The normalized spacial score (nSPS) is 19.1. The Morgan fingerprint density at radius 1 is 1.10 bits per heavy atom. The second-order valence-electron chi connectivity index (χ2n) is 5.28. The summed E-state index contributed by atoms with van der Waals surface area (Å²) in [5.74, 6) is -0.317. The van der Waals surface area contributed by atoms with Crippen LogP contribution >= 0.6 is 0 Å². The molecule has 1 saturated heterocycles. The van der Waals surface area contributed by atoms with E-state index in [1.165, 1.54) is 12.3 Å². The minimum Gasteiger partial charge on any atom is -0.339 e. The van der Waals surface area contributed by atoms with Gasteiger partial charge in [0.15, 0.2) is 0 Å². The number of nitrogens with zero attached hydrogens (tertiary/aromatic N) is 3. The van der Waals surface area contributed by atoms with Crippen LogP contribution in [0, 0.1) is 11.7 Å². The third-order valence-corrected chi connectivity index (χ3v) is 3.76. The van der Waals surface area contributed by atoms with E-state index in [1.54, 1.807) is 4.90 Å². The minimum absolute atomic E-state index is 0.213. The van der Waals surface area contributed by atoms with Gasteiger partial charge in [-0.1, -0.05) is 0 Å². The predicted octanol–water partition coefficient (Wildman–Crippen LogP) is 0.915. The average Bonchev–Trinajstić information content (AvgIpc) is 3.30. The van der Waals surface area contributed by atoms with E-state index >= 15 is 0 Å². The van der Waals surface area contributed by atoms with Crippen molar-refractivity contribution < 1.29 is 14.0 Å². The average molecular weight is 277 g/mol. The monoisotopic (exact) mass is 277 g/mol. The second kappa shape index (κ2) is 5.19. The number of carbonyl (C=O) groups is 2. The van der Waals surface area contributed by atoms with Crippen LogP contribution < -0.4 is 0 Å². The third-order valence-electron chi connectivity index (χ3n) is 3.76. The van der Waals surface area contributed by atoms with E-state index in [1.807, 2.05) is 4.90 Å². The fourth-order valence-corrected chi connectivity index (χ4v) is 2.43. The number of piperazine rings is 1. The number of carbonyl (C=O) groups excluding carboxylic acids is 2. The fraction of sp³-hybridized carbons (Fsp3) is 0.500. The van der Waals surface area contributed by atoms with Crippen LogP contribution in [-0.2, 0) is 4.79 Å². The summed E-state index contributed by atoms with van der Waals surface area (Å²) in [6.07, 6.45) is 4.43. The maximum Gasteiger partial charge on any atom is 0.255 e. The van der Waals surface area contributed by atoms with Gasteiger partial charge in [0.05, 0.1) is 11.8 Å². The zero-order valence-electron chi connectivity index (χ0n) is 11.1. The van der Waals surface area contributed by atoms with E-state index in [2.05, 4.69) is 4.98 Å². The maximum atomic E-state index is 13.1. The van der Waals surface area contributed by atoms with Gasteiger partial charge in [-0.15, -0.1) is 0 Å². The molecule has 0 bridgehead atoms. The lowest BCUT2D eigenvalue weighted by molar-refractivity contribution is -0.134. The van der Waals surface area contributed by atoms with Gasteiger partial charge in [-0.2, -0.15) is 0 Å². The fourth-order valence-electron chi connectivity index (χ4n) is 2.43. The summed E-state index contributed by atoms with van der Waals surface area (Å²) in [7, 11) is 0. The zero-order valence-corrected chi connectivity index (χ0v) is 11.1. The summed E-state index contributed by atoms with van der Waals surface area (Å²) in [6, 6.07) is 1.19. The third kappa shape index (κ3) is 2.64. The standard InChI is InChI=1S/C14H16FN3O2/c15-12-7-11(8-16-9-12)14(20)18-5-3-17(4-6-18)13(19)10-1-2-10/h7-10H,1-6H2. The first-order valence-electron chi connectivity index (χ1n) is 6.84. The molecule has 0 radical (unpaired) electrons. The van der Waals surface area contributed by atoms with Crippen molar-refractivity contribution in [2.45, 2.75) is 12.8 Å². The molecular weight excluding hydrogens is 261 g/mol. The Morgan fingerprint density at radius 3 is 2.35 bits per heavy atom. The lowest BCUT2D eigenvalue weighted by Gasteiger charge is -2.34. The Kier molecular flexibility index (Phi) is 3.38. The highest BCUT2D eigenvalue weighted by Gasteiger charge is 2.35. The molecule has 2 fully saturated rings. The van der Waals surface area contributed by atoms with Crippen molar-refractivity contribution in [2.75, 3.05) is 26.2 Å². The molecule has 3 rings (SSSR count). The zero-order chi connectivity index (χ0) is 14.1. The van der Waals surface area contributed by atoms with Crippen LogP contribution in [0.25, 0.3) is 0 Å². The first kappa shape index (κ1) is 13.0. The molecule has 1 aromatic heterocycles. The lowest BCUT2D eigenvalue weighted by Crippen LogP contribution is -2.51. The summed E-state index contributed by atoms with van der Waals surface area (Å²) < 4.78 is 13.1. The van der Waals surface area contributed by atoms with Crippen LogP contribution in [-0.4, -0.2) is 52.8 Å². The van der Waals surface area contributed by atoms with Crippen molar-refractivity contribution in [3.63, 3.8) is 0 Å². The van der Waals surface area contributed by atoms with Gasteiger partial charge >= 0.3 is 0 Å². The molecular formula is C14H16FN3O2. The molecule has 6 heteroatoms. The van der Waals surface area contributed by atoms with Crippen molar-refractivity contribution in [1.29, 1.82) is 0 Å². The Balaban J connectivity index is 1.60. The highest BCUT2D eigenvalue weighted by molar-refractivity contribution is 5.94. The highest BCUT2D eigenvalue weighted by Crippen LogP contribution is 2.31. The topological polar surface area (TPSA) is 53.5 Å². The molecule has 0 N–H and O–H groups in total. The molecule has 0 aromatic carbocycles. The number of rotatable bonds is 2. The largest absolute Gasteiger partial charge is 0.339 e. The molecule has 0 atom stereocenters. The summed E-state index contributed by atoms with van der Waals surface area (Å²) in [5, 5.41) is 0. The van der Waals surface area contributed by atoms with Crippen LogP contribution in [0.3, 0.4) is 0 Å². The first-order chi connectivity index (χ1) is 9.65. The molecule has 1 aliphatic carbocycles. The number of pyridine rings is 1. The quantitative estimate of drug-likeness (QED) is 0.807. The van der Waals surface area contributed by atoms with E-state index in [9.17, 15) is 14.0 Å². The van der Waals surface area contributed by atoms with Crippen molar-refractivity contribution in [1.82, 2.24) is 14.8 Å². The summed E-state index contributed by atoms with van der Waals surface area (Å²) in [4.78, 5) is 31.3. The number of hydrogen-bond donors (Lipinski definition) is 0. The summed E-state index contributed by atoms with van der Waals surface area (Å²) in [5.41, 5.74) is 0.256. The van der Waals surface area contributed by atoms with Crippen molar-refractivity contribution >= 4 is 11.8 Å². The number of aromatic nitrogens is 1. The highest BCUT2D eigenvalue weighted by atomic mass is 19.1. The minimum atomic E-state index is -0.515. The molecule has 5 nitrogen and oxygen atoms in total. The van der Waals surface area contributed by atoms with E-state index in [-0.39, 0.29) is 23.3 Å². The molecule has 2 amide bonds. The lowest BCUT2D eigenvalue weighted by atomic mass is 10.2. The molecule has 2 aliphatic rings. The number of amides is 2. The Bertz CT molecular complexity index is 537. The van der Waals surface area contributed by atoms with Crippen LogP contribution in [0.4, 0.5) is 4.39 Å². The smallest absolute Gasteiger partial charge is 0.255 e. The van der Waals surface area contributed by atoms with Gasteiger partial charge < -0.3 is 9.80 Å². The van der Waals surface area contributed by atoms with E-state index in [4.69, 9.17) is 0 Å². The van der Waals surface area contributed by atoms with Gasteiger partial charge in [-0.05, 0) is 18.9 Å². The molecule has 0 spiro atoms. The first-order valence-corrected chi connectivity index (χ1v) is 6.84. The SMILES string of the molecule is O=C(c1cncc(F)c1)N1CCN(C(=O)C2CC2)CC1. The Labute approximate surface area is 116 Å². The van der Waals surface area contributed by atoms with Gasteiger partial charge in [-0.3, -0.25) is 14.6 Å². The van der Waals surface area contributed by atoms with Crippen molar-refractivity contribution in [2.24, 2.45) is 5.92 Å². The van der Waals surface area contributed by atoms with Crippen molar-refractivity contribution in [3.8, 4) is 0 Å². The molecule has 1 aliphatic heterocycles. The maximum absolute atomic E-state index is 13.1. The van der Waals surface area contributed by atoms with Gasteiger partial charge in [0.25, 0.3) is 5.91 Å². The Hall–Kier alpha value is -1.98. The number of halogens is 1. The second-order valence-corrected chi connectivity index (χ2v) is 5.28. The van der Waals surface area contributed by atoms with Gasteiger partial charge in [-0.25, -0.2) is 4.39 Å². The van der Waals surface area contributed by atoms with E-state index in [0.717, 1.165) is 19.0 Å². The molecule has 2 heterocycles. The summed E-state index contributed by atoms with van der Waals surface area (Å²) >= 11 is 0. The molecule has 1 aromatic rings. The van der Waals surface area contributed by atoms with E-state index < -0.39 is 5.82 Å². The predicted molar refractivity (Wildman–Crippen MR) is 69.4 cm³/mol. The van der Waals surface area contributed by atoms with Crippen LogP contribution in [0.15, 0.2) is 18.5 Å². The van der Waals surface area contributed by atoms with Crippen LogP contribution in [0.2, 0.25) is 0 Å². The molecule has 0 unspecified atom stereocenters.